The van der Waals surface area contributed by atoms with Gasteiger partial charge >= 0.3 is 5.97 Å². The van der Waals surface area contributed by atoms with E-state index in [1.165, 1.54) is 0 Å². The summed E-state index contributed by atoms with van der Waals surface area (Å²) in [5, 5.41) is 7.89. The number of carbonyl (C=O) groups is 2. The highest BCUT2D eigenvalue weighted by Crippen LogP contribution is 1.80. The Kier molecular flexibility index (Phi) is 7.74. The number of rotatable bonds is 3. The molecule has 0 unspecified atom stereocenters. The van der Waals surface area contributed by atoms with Crippen molar-refractivity contribution in [3.05, 3.63) is 0 Å². The van der Waals surface area contributed by atoms with E-state index in [-0.39, 0.29) is 19.0 Å². The summed E-state index contributed by atoms with van der Waals surface area (Å²) in [6.45, 7) is 0. The topological polar surface area (TPSA) is 89.4 Å². The van der Waals surface area contributed by atoms with Crippen LogP contribution in [0.25, 0.3) is 0 Å². The van der Waals surface area contributed by atoms with E-state index in [2.05, 4.69) is 0 Å². The first-order chi connectivity index (χ1) is 3.27. The van der Waals surface area contributed by atoms with Gasteiger partial charge in [-0.3, -0.25) is 4.79 Å². The van der Waals surface area contributed by atoms with E-state index in [0.29, 0.717) is 6.29 Å². The van der Waals surface area contributed by atoms with E-state index in [0.717, 1.165) is 0 Å². The molecule has 0 atom stereocenters. The molecule has 0 aliphatic carbocycles. The number of carboxylic acid groups (broad SMARTS) is 1. The third kappa shape index (κ3) is 8.92. The number of carbonyl (C=O) groups excluding carboxylic acids is 1. The van der Waals surface area contributed by atoms with Gasteiger partial charge in [-0.1, -0.05) is 0 Å². The summed E-state index contributed by atoms with van der Waals surface area (Å²) < 4.78 is 0. The molecule has 0 aromatic heterocycles. The summed E-state index contributed by atoms with van der Waals surface area (Å²) in [5.41, 5.74) is 0. The van der Waals surface area contributed by atoms with Gasteiger partial charge in [-0.25, -0.2) is 0 Å². The lowest BCUT2D eigenvalue weighted by Crippen LogP contribution is -1.93. The average Bonchev–Trinajstić information content (AvgIpc) is 1.61. The SMILES string of the molecule is N.O=CCCC(=O)O. The highest BCUT2D eigenvalue weighted by Gasteiger charge is 1.91. The van der Waals surface area contributed by atoms with E-state index in [4.69, 9.17) is 5.11 Å². The monoisotopic (exact) mass is 119 g/mol. The van der Waals surface area contributed by atoms with Crippen LogP contribution < -0.4 is 6.15 Å². The maximum Gasteiger partial charge on any atom is 0.303 e. The molecular formula is C4H9NO3. The Hall–Kier alpha value is -0.900. The number of hydrogen-bond acceptors (Lipinski definition) is 3. The molecular weight excluding hydrogens is 110 g/mol. The Morgan fingerprint density at radius 1 is 1.62 bits per heavy atom. The van der Waals surface area contributed by atoms with Crippen molar-refractivity contribution in [1.29, 1.82) is 0 Å². The van der Waals surface area contributed by atoms with Gasteiger partial charge in [0.2, 0.25) is 0 Å². The van der Waals surface area contributed by atoms with Crippen LogP contribution >= 0.6 is 0 Å². The maximum absolute atomic E-state index is 9.60. The molecule has 0 aliphatic rings. The normalized spacial score (nSPS) is 7.00. The van der Waals surface area contributed by atoms with Crippen molar-refractivity contribution in [2.24, 2.45) is 0 Å². The number of aliphatic carboxylic acids is 1. The van der Waals surface area contributed by atoms with Gasteiger partial charge in [0.05, 0.1) is 6.42 Å². The van der Waals surface area contributed by atoms with Gasteiger partial charge in [-0.05, 0) is 0 Å². The van der Waals surface area contributed by atoms with Crippen LogP contribution in [0.2, 0.25) is 0 Å². The molecule has 0 heterocycles. The zero-order valence-electron chi connectivity index (χ0n) is 4.46. The molecule has 0 aromatic carbocycles. The second-order valence-corrected chi connectivity index (χ2v) is 1.10. The first-order valence-corrected chi connectivity index (χ1v) is 1.93. The summed E-state index contributed by atoms with van der Waals surface area (Å²) in [6, 6.07) is 0. The summed E-state index contributed by atoms with van der Waals surface area (Å²) in [6.07, 6.45) is 0.660. The highest BCUT2D eigenvalue weighted by atomic mass is 16.4. The third-order valence-corrected chi connectivity index (χ3v) is 0.476. The maximum atomic E-state index is 9.60. The first-order valence-electron chi connectivity index (χ1n) is 1.93. The van der Waals surface area contributed by atoms with Gasteiger partial charge in [0.1, 0.15) is 6.29 Å². The Morgan fingerprint density at radius 2 is 2.12 bits per heavy atom. The minimum absolute atomic E-state index is 0. The van der Waals surface area contributed by atoms with Crippen LogP contribution in [0.3, 0.4) is 0 Å². The van der Waals surface area contributed by atoms with Crippen molar-refractivity contribution >= 4 is 12.3 Å². The fourth-order valence-electron chi connectivity index (χ4n) is 0.182. The molecule has 8 heavy (non-hydrogen) atoms. The van der Waals surface area contributed by atoms with Gasteiger partial charge < -0.3 is 16.1 Å². The fourth-order valence-corrected chi connectivity index (χ4v) is 0.182. The van der Waals surface area contributed by atoms with Crippen molar-refractivity contribution in [3.8, 4) is 0 Å². The average molecular weight is 119 g/mol. The van der Waals surface area contributed by atoms with E-state index in [9.17, 15) is 9.59 Å². The van der Waals surface area contributed by atoms with Crippen molar-refractivity contribution < 1.29 is 14.7 Å². The Morgan fingerprint density at radius 3 is 2.25 bits per heavy atom. The second kappa shape index (κ2) is 6.10. The van der Waals surface area contributed by atoms with Crippen LogP contribution in [0.15, 0.2) is 0 Å². The van der Waals surface area contributed by atoms with Gasteiger partial charge in [0.25, 0.3) is 0 Å². The number of hydrogen-bond donors (Lipinski definition) is 2. The summed E-state index contributed by atoms with van der Waals surface area (Å²) in [7, 11) is 0. The quantitative estimate of drug-likeness (QED) is 0.519. The molecule has 0 amide bonds. The fraction of sp³-hybridized carbons (Fsp3) is 0.500. The van der Waals surface area contributed by atoms with E-state index in [1.54, 1.807) is 0 Å². The molecule has 0 bridgehead atoms. The van der Waals surface area contributed by atoms with Crippen LogP contribution in [-0.2, 0) is 9.59 Å². The van der Waals surface area contributed by atoms with Crippen LogP contribution in [0.4, 0.5) is 0 Å². The lowest BCUT2D eigenvalue weighted by Gasteiger charge is -1.79. The molecule has 4 heteroatoms. The molecule has 0 radical (unpaired) electrons. The van der Waals surface area contributed by atoms with E-state index < -0.39 is 5.97 Å². The standard InChI is InChI=1S/C4H6O3.H3N/c5-3-1-2-4(6)7;/h3H,1-2H2,(H,6,7);1H3. The third-order valence-electron chi connectivity index (χ3n) is 0.476. The number of aldehydes is 1. The lowest BCUT2D eigenvalue weighted by atomic mass is 10.3. The summed E-state index contributed by atoms with van der Waals surface area (Å²) >= 11 is 0. The molecule has 4 N–H and O–H groups in total. The molecule has 0 aromatic rings. The molecule has 0 aliphatic heterocycles. The molecule has 4 nitrogen and oxygen atoms in total. The van der Waals surface area contributed by atoms with Gasteiger partial charge in [-0.15, -0.1) is 0 Å². The van der Waals surface area contributed by atoms with Crippen molar-refractivity contribution in [1.82, 2.24) is 6.15 Å². The van der Waals surface area contributed by atoms with Crippen LogP contribution in [0, 0.1) is 0 Å². The van der Waals surface area contributed by atoms with Crippen LogP contribution in [-0.4, -0.2) is 17.4 Å². The number of carboxylic acids is 1. The van der Waals surface area contributed by atoms with Crippen molar-refractivity contribution in [2.45, 2.75) is 12.8 Å². The molecule has 0 fully saturated rings. The lowest BCUT2D eigenvalue weighted by molar-refractivity contribution is -0.137. The van der Waals surface area contributed by atoms with Crippen molar-refractivity contribution in [2.75, 3.05) is 0 Å². The second-order valence-electron chi connectivity index (χ2n) is 1.10. The minimum Gasteiger partial charge on any atom is -0.481 e. The zero-order chi connectivity index (χ0) is 5.70. The predicted octanol–water partition coefficient (Wildman–Crippen LogP) is 0.212. The van der Waals surface area contributed by atoms with Gasteiger partial charge in [-0.2, -0.15) is 0 Å². The van der Waals surface area contributed by atoms with E-state index >= 15 is 0 Å². The van der Waals surface area contributed by atoms with Crippen LogP contribution in [0.1, 0.15) is 12.8 Å². The Labute approximate surface area is 47.1 Å². The smallest absolute Gasteiger partial charge is 0.303 e. The Bertz CT molecular complexity index is 81.4. The first kappa shape index (κ1) is 10.2. The molecule has 48 valence electrons. The molecule has 0 rings (SSSR count). The molecule has 0 spiro atoms. The predicted molar refractivity (Wildman–Crippen MR) is 28.0 cm³/mol. The van der Waals surface area contributed by atoms with Gasteiger partial charge in [0.15, 0.2) is 0 Å². The molecule has 0 saturated heterocycles. The van der Waals surface area contributed by atoms with Crippen LogP contribution in [0.5, 0.6) is 0 Å². The van der Waals surface area contributed by atoms with Gasteiger partial charge in [0, 0.05) is 6.42 Å². The summed E-state index contributed by atoms with van der Waals surface area (Å²) in [4.78, 5) is 19.0. The molecule has 0 saturated carbocycles. The van der Waals surface area contributed by atoms with Crippen molar-refractivity contribution in [3.63, 3.8) is 0 Å². The summed E-state index contributed by atoms with van der Waals surface area (Å²) in [5.74, 6) is -0.924. The highest BCUT2D eigenvalue weighted by molar-refractivity contribution is 5.70. The minimum atomic E-state index is -0.924. The zero-order valence-corrected chi connectivity index (χ0v) is 4.46. The largest absolute Gasteiger partial charge is 0.481 e. The Balaban J connectivity index is 0. The van der Waals surface area contributed by atoms with E-state index in [1.807, 2.05) is 0 Å².